The summed E-state index contributed by atoms with van der Waals surface area (Å²) < 4.78 is 16.5. The van der Waals surface area contributed by atoms with Gasteiger partial charge < -0.3 is 13.9 Å². The lowest BCUT2D eigenvalue weighted by atomic mass is 10.3. The molecule has 0 aliphatic heterocycles. The van der Waals surface area contributed by atoms with Gasteiger partial charge in [-0.15, -0.1) is 12.3 Å². The minimum Gasteiger partial charge on any atom is -0.393 e. The highest BCUT2D eigenvalue weighted by Crippen LogP contribution is 2.39. The standard InChI is InChI=1S/C18H26O3Si/c1-5-10-17(2)21-22(15-8-13-19-3,16-9-14-20-4)18-11-6-7-12-18/h1,17-18H,6-7,10-14H2,2-4H3. The van der Waals surface area contributed by atoms with E-state index < -0.39 is 8.32 Å². The summed E-state index contributed by atoms with van der Waals surface area (Å²) in [6.07, 6.45) is 10.7. The Bertz CT molecular complexity index is 456. The van der Waals surface area contributed by atoms with Crippen molar-refractivity contribution in [2.45, 2.75) is 50.7 Å². The van der Waals surface area contributed by atoms with Crippen molar-refractivity contribution in [2.24, 2.45) is 0 Å². The van der Waals surface area contributed by atoms with Crippen LogP contribution in [0, 0.1) is 35.3 Å². The van der Waals surface area contributed by atoms with Crippen LogP contribution in [-0.2, 0) is 13.9 Å². The zero-order chi connectivity index (χ0) is 16.3. The Hall–Kier alpha value is -1.22. The molecule has 0 saturated heterocycles. The minimum absolute atomic E-state index is 0.0223. The molecule has 4 heteroatoms. The van der Waals surface area contributed by atoms with E-state index in [0.717, 1.165) is 12.8 Å². The Morgan fingerprint density at radius 3 is 2.09 bits per heavy atom. The molecule has 1 rings (SSSR count). The van der Waals surface area contributed by atoms with Gasteiger partial charge in [0.25, 0.3) is 0 Å². The zero-order valence-electron chi connectivity index (χ0n) is 13.9. The van der Waals surface area contributed by atoms with Gasteiger partial charge in [0.2, 0.25) is 0 Å². The molecule has 0 aromatic carbocycles. The van der Waals surface area contributed by atoms with Gasteiger partial charge in [-0.25, -0.2) is 0 Å². The minimum atomic E-state index is -2.52. The van der Waals surface area contributed by atoms with Crippen molar-refractivity contribution in [2.75, 3.05) is 27.4 Å². The lowest BCUT2D eigenvalue weighted by molar-refractivity contribution is 0.218. The summed E-state index contributed by atoms with van der Waals surface area (Å²) >= 11 is 0. The summed E-state index contributed by atoms with van der Waals surface area (Å²) in [5.74, 6) is 8.86. The molecule has 0 heterocycles. The van der Waals surface area contributed by atoms with Crippen molar-refractivity contribution in [3.8, 4) is 35.3 Å². The highest BCUT2D eigenvalue weighted by molar-refractivity contribution is 6.90. The topological polar surface area (TPSA) is 27.7 Å². The number of methoxy groups -OCH3 is 2. The Morgan fingerprint density at radius 1 is 1.09 bits per heavy atom. The molecule has 1 aliphatic carbocycles. The second kappa shape index (κ2) is 10.5. The molecule has 0 radical (unpaired) electrons. The molecule has 120 valence electrons. The number of hydrogen-bond acceptors (Lipinski definition) is 3. The maximum atomic E-state index is 6.39. The normalized spacial score (nSPS) is 16.1. The molecule has 22 heavy (non-hydrogen) atoms. The third-order valence-electron chi connectivity index (χ3n) is 3.70. The first kappa shape index (κ1) is 18.8. The fourth-order valence-electron chi connectivity index (χ4n) is 2.73. The first-order valence-electron chi connectivity index (χ1n) is 7.77. The molecule has 0 bridgehead atoms. The number of rotatable bonds is 6. The molecule has 0 spiro atoms. The molecule has 1 unspecified atom stereocenters. The first-order valence-corrected chi connectivity index (χ1v) is 9.76. The van der Waals surface area contributed by atoms with E-state index in [1.165, 1.54) is 12.8 Å². The van der Waals surface area contributed by atoms with Crippen LogP contribution in [0.3, 0.4) is 0 Å². The van der Waals surface area contributed by atoms with E-state index in [0.29, 0.717) is 25.2 Å². The highest BCUT2D eigenvalue weighted by Gasteiger charge is 2.44. The molecule has 0 aromatic heterocycles. The van der Waals surface area contributed by atoms with Crippen LogP contribution in [0.1, 0.15) is 39.0 Å². The fraction of sp³-hybridized carbons (Fsp3) is 0.667. The van der Waals surface area contributed by atoms with Gasteiger partial charge in [0.05, 0.1) is 6.10 Å². The first-order chi connectivity index (χ1) is 10.7. The maximum Gasteiger partial charge on any atom is 0.357 e. The Balaban J connectivity index is 3.08. The van der Waals surface area contributed by atoms with Crippen molar-refractivity contribution < 1.29 is 13.9 Å². The lowest BCUT2D eigenvalue weighted by Gasteiger charge is -2.29. The molecule has 1 fully saturated rings. The largest absolute Gasteiger partial charge is 0.393 e. The number of hydrogen-bond donors (Lipinski definition) is 0. The quantitative estimate of drug-likeness (QED) is 0.557. The molecule has 0 aromatic rings. The van der Waals surface area contributed by atoms with Crippen molar-refractivity contribution >= 4 is 8.32 Å². The predicted molar refractivity (Wildman–Crippen MR) is 91.3 cm³/mol. The lowest BCUT2D eigenvalue weighted by Crippen LogP contribution is -2.44. The van der Waals surface area contributed by atoms with Crippen LogP contribution < -0.4 is 0 Å². The smallest absolute Gasteiger partial charge is 0.357 e. The summed E-state index contributed by atoms with van der Waals surface area (Å²) in [4.78, 5) is 0. The molecule has 3 nitrogen and oxygen atoms in total. The molecule has 1 saturated carbocycles. The summed E-state index contributed by atoms with van der Waals surface area (Å²) in [6, 6.07) is 0. The second-order valence-electron chi connectivity index (χ2n) is 5.52. The maximum absolute atomic E-state index is 6.39. The summed E-state index contributed by atoms with van der Waals surface area (Å²) in [7, 11) is 0.774. The third-order valence-corrected chi connectivity index (χ3v) is 7.30. The predicted octanol–water partition coefficient (Wildman–Crippen LogP) is 2.68. The fourth-order valence-corrected chi connectivity index (χ4v) is 6.12. The van der Waals surface area contributed by atoms with Crippen LogP contribution in [-0.4, -0.2) is 41.9 Å². The van der Waals surface area contributed by atoms with E-state index >= 15 is 0 Å². The molecule has 0 amide bonds. The van der Waals surface area contributed by atoms with Crippen LogP contribution in [0.25, 0.3) is 0 Å². The van der Waals surface area contributed by atoms with Gasteiger partial charge in [-0.05, 0) is 19.8 Å². The molecule has 0 N–H and O–H groups in total. The highest BCUT2D eigenvalue weighted by atomic mass is 28.4. The SMILES string of the molecule is C#CCC(C)O[Si](C#CCOC)(C#CCOC)C1CCCC1. The Kier molecular flexibility index (Phi) is 8.98. The van der Waals surface area contributed by atoms with Gasteiger partial charge in [-0.2, -0.15) is 0 Å². The van der Waals surface area contributed by atoms with Crippen LogP contribution >= 0.6 is 0 Å². The van der Waals surface area contributed by atoms with Crippen LogP contribution in [0.15, 0.2) is 0 Å². The van der Waals surface area contributed by atoms with Crippen molar-refractivity contribution in [1.82, 2.24) is 0 Å². The van der Waals surface area contributed by atoms with Crippen LogP contribution in [0.5, 0.6) is 0 Å². The monoisotopic (exact) mass is 318 g/mol. The van der Waals surface area contributed by atoms with Gasteiger partial charge in [0.1, 0.15) is 13.2 Å². The van der Waals surface area contributed by atoms with E-state index in [4.69, 9.17) is 20.3 Å². The number of ether oxygens (including phenoxy) is 2. The van der Waals surface area contributed by atoms with Gasteiger partial charge in [-0.3, -0.25) is 0 Å². The Labute approximate surface area is 136 Å². The third kappa shape index (κ3) is 5.88. The molecule has 1 aliphatic rings. The molecular weight excluding hydrogens is 292 g/mol. The van der Waals surface area contributed by atoms with Crippen LogP contribution in [0.2, 0.25) is 5.54 Å². The van der Waals surface area contributed by atoms with E-state index in [1.807, 2.05) is 6.92 Å². The number of terminal acetylenes is 1. The van der Waals surface area contributed by atoms with E-state index in [-0.39, 0.29) is 6.10 Å². The summed E-state index contributed by atoms with van der Waals surface area (Å²) in [6.45, 7) is 2.81. The summed E-state index contributed by atoms with van der Waals surface area (Å²) in [5, 5.41) is 0. The van der Waals surface area contributed by atoms with Crippen molar-refractivity contribution in [3.05, 3.63) is 0 Å². The molecular formula is C18H26O3Si. The van der Waals surface area contributed by atoms with Gasteiger partial charge in [-0.1, -0.05) is 35.8 Å². The van der Waals surface area contributed by atoms with Crippen molar-refractivity contribution in [3.63, 3.8) is 0 Å². The Morgan fingerprint density at radius 2 is 1.64 bits per heavy atom. The molecule has 1 atom stereocenters. The van der Waals surface area contributed by atoms with Gasteiger partial charge in [0, 0.05) is 26.2 Å². The average molecular weight is 318 g/mol. The van der Waals surface area contributed by atoms with Crippen LogP contribution in [0.4, 0.5) is 0 Å². The second-order valence-corrected chi connectivity index (χ2v) is 8.55. The van der Waals surface area contributed by atoms with Crippen molar-refractivity contribution in [1.29, 1.82) is 0 Å². The van der Waals surface area contributed by atoms with Gasteiger partial charge in [0.15, 0.2) is 0 Å². The average Bonchev–Trinajstić information content (AvgIpc) is 3.02. The van der Waals surface area contributed by atoms with E-state index in [2.05, 4.69) is 28.8 Å². The van der Waals surface area contributed by atoms with E-state index in [9.17, 15) is 0 Å². The zero-order valence-corrected chi connectivity index (χ0v) is 14.9. The van der Waals surface area contributed by atoms with E-state index in [1.54, 1.807) is 14.2 Å². The summed E-state index contributed by atoms with van der Waals surface area (Å²) in [5.41, 5.74) is 7.18. The van der Waals surface area contributed by atoms with Gasteiger partial charge >= 0.3 is 8.32 Å².